The maximum atomic E-state index is 3.75. The molecule has 1 heteroatoms. The van der Waals surface area contributed by atoms with Crippen LogP contribution >= 0.6 is 0 Å². The van der Waals surface area contributed by atoms with Gasteiger partial charge < -0.3 is 5.32 Å². The van der Waals surface area contributed by atoms with E-state index in [1.807, 2.05) is 0 Å². The summed E-state index contributed by atoms with van der Waals surface area (Å²) in [5.41, 5.74) is 1.48. The average Bonchev–Trinajstić information content (AvgIpc) is 2.49. The molecule has 1 N–H and O–H groups in total. The maximum Gasteiger partial charge on any atom is 0.0136 e. The zero-order valence-corrected chi connectivity index (χ0v) is 13.3. The number of likely N-dealkylation sites (N-methyl/N-ethyl adjacent to an activating group) is 1. The van der Waals surface area contributed by atoms with Crippen LogP contribution in [0.5, 0.6) is 0 Å². The molecule has 2 rings (SSSR count). The average molecular weight is 273 g/mol. The van der Waals surface area contributed by atoms with Gasteiger partial charge in [0.05, 0.1) is 0 Å². The van der Waals surface area contributed by atoms with Crippen molar-refractivity contribution in [1.29, 1.82) is 0 Å². The van der Waals surface area contributed by atoms with Crippen LogP contribution in [0.1, 0.15) is 57.9 Å². The van der Waals surface area contributed by atoms with E-state index in [0.717, 1.165) is 18.4 Å². The van der Waals surface area contributed by atoms with E-state index < -0.39 is 0 Å². The van der Waals surface area contributed by atoms with Crippen LogP contribution in [-0.4, -0.2) is 12.6 Å². The molecule has 0 aromatic heterocycles. The Bertz CT molecular complexity index is 351. The Morgan fingerprint density at radius 1 is 1.05 bits per heavy atom. The molecule has 1 aliphatic rings. The third kappa shape index (κ3) is 4.63. The molecule has 0 heterocycles. The normalized spacial score (nSPS) is 24.5. The Hall–Kier alpha value is -0.820. The van der Waals surface area contributed by atoms with Gasteiger partial charge in [-0.2, -0.15) is 0 Å². The standard InChI is InChI=1S/C19H31N/c1-3-8-16-11-13-18(14-12-16)19(20-4-2)15-17-9-6-5-7-10-17/h5-7,9-10,16,18-20H,3-4,8,11-15H2,1-2H3. The molecule has 1 saturated carbocycles. The van der Waals surface area contributed by atoms with Crippen LogP contribution in [0.2, 0.25) is 0 Å². The van der Waals surface area contributed by atoms with E-state index in [4.69, 9.17) is 0 Å². The summed E-state index contributed by atoms with van der Waals surface area (Å²) < 4.78 is 0. The van der Waals surface area contributed by atoms with Crippen molar-refractivity contribution in [3.05, 3.63) is 35.9 Å². The van der Waals surface area contributed by atoms with Gasteiger partial charge in [0.2, 0.25) is 0 Å². The van der Waals surface area contributed by atoms with Gasteiger partial charge in [0.1, 0.15) is 0 Å². The van der Waals surface area contributed by atoms with Crippen molar-refractivity contribution in [3.63, 3.8) is 0 Å². The highest BCUT2D eigenvalue weighted by molar-refractivity contribution is 5.16. The van der Waals surface area contributed by atoms with Crippen LogP contribution < -0.4 is 5.32 Å². The zero-order chi connectivity index (χ0) is 14.2. The molecule has 1 fully saturated rings. The lowest BCUT2D eigenvalue weighted by atomic mass is 9.76. The lowest BCUT2D eigenvalue weighted by Gasteiger charge is -2.34. The largest absolute Gasteiger partial charge is 0.314 e. The molecule has 0 amide bonds. The summed E-state index contributed by atoms with van der Waals surface area (Å²) in [5, 5.41) is 3.75. The van der Waals surface area contributed by atoms with E-state index in [0.29, 0.717) is 6.04 Å². The minimum atomic E-state index is 0.671. The Kier molecular flexibility index (Phi) is 6.59. The van der Waals surface area contributed by atoms with Crippen LogP contribution in [0, 0.1) is 11.8 Å². The Morgan fingerprint density at radius 2 is 1.75 bits per heavy atom. The van der Waals surface area contributed by atoms with Crippen LogP contribution in [0.25, 0.3) is 0 Å². The van der Waals surface area contributed by atoms with Gasteiger partial charge in [-0.15, -0.1) is 0 Å². The van der Waals surface area contributed by atoms with E-state index in [9.17, 15) is 0 Å². The minimum Gasteiger partial charge on any atom is -0.314 e. The summed E-state index contributed by atoms with van der Waals surface area (Å²) in [6, 6.07) is 11.7. The van der Waals surface area contributed by atoms with Crippen molar-refractivity contribution in [2.24, 2.45) is 11.8 Å². The molecule has 1 atom stereocenters. The van der Waals surface area contributed by atoms with Crippen molar-refractivity contribution in [3.8, 4) is 0 Å². The van der Waals surface area contributed by atoms with Gasteiger partial charge in [-0.3, -0.25) is 0 Å². The minimum absolute atomic E-state index is 0.671. The first-order valence-corrected chi connectivity index (χ1v) is 8.60. The second kappa shape index (κ2) is 8.46. The van der Waals surface area contributed by atoms with Gasteiger partial charge in [-0.05, 0) is 43.2 Å². The molecule has 0 bridgehead atoms. The van der Waals surface area contributed by atoms with Gasteiger partial charge >= 0.3 is 0 Å². The van der Waals surface area contributed by atoms with E-state index in [1.54, 1.807) is 0 Å². The quantitative estimate of drug-likeness (QED) is 0.751. The van der Waals surface area contributed by atoms with Crippen molar-refractivity contribution < 1.29 is 0 Å². The molecule has 0 aliphatic heterocycles. The topological polar surface area (TPSA) is 12.0 Å². The molecular formula is C19H31N. The smallest absolute Gasteiger partial charge is 0.0136 e. The highest BCUT2D eigenvalue weighted by Crippen LogP contribution is 2.34. The third-order valence-corrected chi connectivity index (χ3v) is 4.92. The summed E-state index contributed by atoms with van der Waals surface area (Å²) in [4.78, 5) is 0. The number of nitrogens with one attached hydrogen (secondary N) is 1. The predicted octanol–water partition coefficient (Wildman–Crippen LogP) is 4.81. The lowest BCUT2D eigenvalue weighted by Crippen LogP contribution is -2.39. The number of hydrogen-bond acceptors (Lipinski definition) is 1. The van der Waals surface area contributed by atoms with Crippen molar-refractivity contribution >= 4 is 0 Å². The fourth-order valence-electron chi connectivity index (χ4n) is 3.82. The molecular weight excluding hydrogens is 242 g/mol. The Morgan fingerprint density at radius 3 is 2.35 bits per heavy atom. The lowest BCUT2D eigenvalue weighted by molar-refractivity contribution is 0.213. The highest BCUT2D eigenvalue weighted by atomic mass is 14.9. The monoisotopic (exact) mass is 273 g/mol. The van der Waals surface area contributed by atoms with Gasteiger partial charge in [-0.1, -0.05) is 69.9 Å². The van der Waals surface area contributed by atoms with Crippen LogP contribution in [0.15, 0.2) is 30.3 Å². The maximum absolute atomic E-state index is 3.75. The number of benzene rings is 1. The Labute approximate surface area is 125 Å². The molecule has 0 radical (unpaired) electrons. The van der Waals surface area contributed by atoms with E-state index in [-0.39, 0.29) is 0 Å². The molecule has 1 nitrogen and oxygen atoms in total. The summed E-state index contributed by atoms with van der Waals surface area (Å²) in [6.45, 7) is 5.65. The summed E-state index contributed by atoms with van der Waals surface area (Å²) in [6.07, 6.45) is 9.75. The van der Waals surface area contributed by atoms with Crippen LogP contribution in [0.4, 0.5) is 0 Å². The molecule has 112 valence electrons. The fraction of sp³-hybridized carbons (Fsp3) is 0.684. The second-order valence-electron chi connectivity index (χ2n) is 6.42. The van der Waals surface area contributed by atoms with E-state index in [2.05, 4.69) is 49.5 Å². The highest BCUT2D eigenvalue weighted by Gasteiger charge is 2.26. The number of hydrogen-bond donors (Lipinski definition) is 1. The summed E-state index contributed by atoms with van der Waals surface area (Å²) in [7, 11) is 0. The summed E-state index contributed by atoms with van der Waals surface area (Å²) in [5.74, 6) is 1.89. The van der Waals surface area contributed by atoms with Crippen molar-refractivity contribution in [1.82, 2.24) is 5.32 Å². The molecule has 1 aromatic rings. The molecule has 1 aliphatic carbocycles. The predicted molar refractivity (Wildman–Crippen MR) is 88.0 cm³/mol. The fourth-order valence-corrected chi connectivity index (χ4v) is 3.82. The first kappa shape index (κ1) is 15.6. The van der Waals surface area contributed by atoms with Gasteiger partial charge in [0.15, 0.2) is 0 Å². The van der Waals surface area contributed by atoms with E-state index in [1.165, 1.54) is 50.5 Å². The Balaban J connectivity index is 1.89. The van der Waals surface area contributed by atoms with Crippen molar-refractivity contribution in [2.45, 2.75) is 64.8 Å². The molecule has 1 unspecified atom stereocenters. The van der Waals surface area contributed by atoms with Crippen LogP contribution in [0.3, 0.4) is 0 Å². The summed E-state index contributed by atoms with van der Waals surface area (Å²) >= 11 is 0. The third-order valence-electron chi connectivity index (χ3n) is 4.92. The molecule has 0 spiro atoms. The molecule has 0 saturated heterocycles. The van der Waals surface area contributed by atoms with Gasteiger partial charge in [0.25, 0.3) is 0 Å². The van der Waals surface area contributed by atoms with Gasteiger partial charge in [-0.25, -0.2) is 0 Å². The van der Waals surface area contributed by atoms with Crippen LogP contribution in [-0.2, 0) is 6.42 Å². The zero-order valence-electron chi connectivity index (χ0n) is 13.3. The van der Waals surface area contributed by atoms with E-state index >= 15 is 0 Å². The second-order valence-corrected chi connectivity index (χ2v) is 6.42. The SMILES string of the molecule is CCCC1CCC(C(Cc2ccccc2)NCC)CC1. The molecule has 20 heavy (non-hydrogen) atoms. The molecule has 1 aromatic carbocycles. The van der Waals surface area contributed by atoms with Crippen molar-refractivity contribution in [2.75, 3.05) is 6.54 Å². The van der Waals surface area contributed by atoms with Gasteiger partial charge in [0, 0.05) is 6.04 Å². The first-order valence-electron chi connectivity index (χ1n) is 8.60. The number of rotatable bonds is 7. The first-order chi connectivity index (χ1) is 9.83.